The molecular formula is C21H23F2N3O. The van der Waals surface area contributed by atoms with Crippen LogP contribution in [0.3, 0.4) is 0 Å². The van der Waals surface area contributed by atoms with Crippen molar-refractivity contribution in [1.82, 2.24) is 9.55 Å². The van der Waals surface area contributed by atoms with Gasteiger partial charge < -0.3 is 10.3 Å². The minimum atomic E-state index is -2.02. The highest BCUT2D eigenvalue weighted by atomic mass is 19.2. The number of imidazole rings is 1. The van der Waals surface area contributed by atoms with E-state index < -0.39 is 23.2 Å². The molecule has 2 aromatic carbocycles. The molecule has 6 heteroatoms. The van der Waals surface area contributed by atoms with E-state index in [0.717, 1.165) is 15.9 Å². The van der Waals surface area contributed by atoms with Crippen molar-refractivity contribution in [3.8, 4) is 0 Å². The van der Waals surface area contributed by atoms with E-state index >= 15 is 4.39 Å². The van der Waals surface area contributed by atoms with E-state index in [9.17, 15) is 9.18 Å². The first kappa shape index (κ1) is 17.3. The zero-order valence-corrected chi connectivity index (χ0v) is 14.7. The van der Waals surface area contributed by atoms with E-state index in [4.69, 9.17) is 0 Å². The van der Waals surface area contributed by atoms with Gasteiger partial charge in [0.2, 0.25) is 0 Å². The molecule has 0 bridgehead atoms. The average molecular weight is 371 g/mol. The summed E-state index contributed by atoms with van der Waals surface area (Å²) in [6.45, 7) is 1.28. The second-order valence-corrected chi connectivity index (χ2v) is 6.80. The molecule has 0 saturated heterocycles. The lowest BCUT2D eigenvalue weighted by Gasteiger charge is -2.27. The maximum absolute atomic E-state index is 15.1. The number of fused-ring (bicyclic) bond motifs is 1. The van der Waals surface area contributed by atoms with Crippen molar-refractivity contribution in [3.05, 3.63) is 83.1 Å². The Morgan fingerprint density at radius 3 is 2.78 bits per heavy atom. The maximum Gasteiger partial charge on any atom is 0.327 e. The monoisotopic (exact) mass is 371 g/mol. The minimum Gasteiger partial charge on any atom is -0.355 e. The van der Waals surface area contributed by atoms with E-state index in [1.54, 1.807) is 24.3 Å². The normalized spacial score (nSPS) is 22.5. The number of halogens is 2. The van der Waals surface area contributed by atoms with Crippen LogP contribution in [0.4, 0.5) is 20.2 Å². The van der Waals surface area contributed by atoms with E-state index in [0.29, 0.717) is 17.5 Å². The molecule has 0 radical (unpaired) electrons. The van der Waals surface area contributed by atoms with Crippen molar-refractivity contribution >= 4 is 22.4 Å². The van der Waals surface area contributed by atoms with Crippen molar-refractivity contribution in [1.29, 1.82) is 0 Å². The molecule has 1 heterocycles. The van der Waals surface area contributed by atoms with Gasteiger partial charge in [0, 0.05) is 14.2 Å². The van der Waals surface area contributed by atoms with Crippen LogP contribution >= 0.6 is 0 Å². The van der Waals surface area contributed by atoms with Gasteiger partial charge in [0.05, 0.1) is 11.0 Å². The van der Waals surface area contributed by atoms with Crippen LogP contribution in [0.5, 0.6) is 0 Å². The van der Waals surface area contributed by atoms with Gasteiger partial charge in [0.25, 0.3) is 0 Å². The number of para-hydroxylation sites is 1. The summed E-state index contributed by atoms with van der Waals surface area (Å²) in [5.74, 6) is -0.653. The summed E-state index contributed by atoms with van der Waals surface area (Å²) in [5.41, 5.74) is 0.0650. The Hall–Kier alpha value is -3.15. The molecule has 2 N–H and O–H groups in total. The first-order valence-corrected chi connectivity index (χ1v) is 8.74. The summed E-state index contributed by atoms with van der Waals surface area (Å²) in [5, 5.41) is 3.24. The van der Waals surface area contributed by atoms with Gasteiger partial charge in [-0.25, -0.2) is 13.6 Å². The van der Waals surface area contributed by atoms with Gasteiger partial charge in [-0.3, -0.25) is 4.57 Å². The topological polar surface area (TPSA) is 49.8 Å². The number of anilines is 2. The van der Waals surface area contributed by atoms with Crippen LogP contribution in [-0.4, -0.2) is 15.2 Å². The van der Waals surface area contributed by atoms with Crippen LogP contribution < -0.4 is 11.0 Å². The maximum atomic E-state index is 15.1. The molecule has 1 aliphatic carbocycles. The van der Waals surface area contributed by atoms with Crippen molar-refractivity contribution in [2.45, 2.75) is 25.1 Å². The number of nitrogens with one attached hydrogen (secondary N) is 2. The molecule has 27 heavy (non-hydrogen) atoms. The number of aromatic amines is 1. The van der Waals surface area contributed by atoms with Crippen LogP contribution in [0, 0.1) is 0 Å². The van der Waals surface area contributed by atoms with Crippen LogP contribution in [0.25, 0.3) is 11.0 Å². The van der Waals surface area contributed by atoms with Gasteiger partial charge in [-0.1, -0.05) is 24.3 Å². The van der Waals surface area contributed by atoms with Gasteiger partial charge >= 0.3 is 5.69 Å². The third kappa shape index (κ3) is 3.18. The fourth-order valence-electron chi connectivity index (χ4n) is 3.48. The SMILES string of the molecule is CC1(F)C=CCC=C(F)C1n1c(=O)[nH]c2cc(Nc3ccccc3)ccc21.[HH].[HH]. The summed E-state index contributed by atoms with van der Waals surface area (Å²) < 4.78 is 30.9. The van der Waals surface area contributed by atoms with Gasteiger partial charge in [-0.05, 0) is 55.8 Å². The summed E-state index contributed by atoms with van der Waals surface area (Å²) in [6.07, 6.45) is 4.49. The molecule has 0 spiro atoms. The third-order valence-corrected chi connectivity index (χ3v) is 4.73. The lowest BCUT2D eigenvalue weighted by Crippen LogP contribution is -2.35. The first-order valence-electron chi connectivity index (χ1n) is 8.74. The van der Waals surface area contributed by atoms with Crippen LogP contribution in [0.2, 0.25) is 0 Å². The van der Waals surface area contributed by atoms with Crippen molar-refractivity contribution in [3.63, 3.8) is 0 Å². The second kappa shape index (κ2) is 6.54. The summed E-state index contributed by atoms with van der Waals surface area (Å²) in [6, 6.07) is 13.5. The molecule has 4 rings (SSSR count). The van der Waals surface area contributed by atoms with Gasteiger partial charge in [0.1, 0.15) is 11.9 Å². The highest BCUT2D eigenvalue weighted by molar-refractivity contribution is 5.81. The summed E-state index contributed by atoms with van der Waals surface area (Å²) in [4.78, 5) is 15.3. The predicted octanol–water partition coefficient (Wildman–Crippen LogP) is 5.65. The molecule has 3 aromatic rings. The Labute approximate surface area is 157 Å². The number of H-pyrrole nitrogens is 1. The van der Waals surface area contributed by atoms with E-state index in [1.165, 1.54) is 19.1 Å². The number of hydrogen-bond donors (Lipinski definition) is 2. The van der Waals surface area contributed by atoms with Crippen LogP contribution in [-0.2, 0) is 0 Å². The van der Waals surface area contributed by atoms with Crippen LogP contribution in [0.15, 0.2) is 77.4 Å². The number of allylic oxidation sites excluding steroid dienone is 4. The van der Waals surface area contributed by atoms with Crippen molar-refractivity contribution in [2.24, 2.45) is 0 Å². The molecule has 0 fully saturated rings. The highest BCUT2D eigenvalue weighted by Gasteiger charge is 2.39. The van der Waals surface area contributed by atoms with Gasteiger partial charge in [-0.2, -0.15) is 0 Å². The fraction of sp³-hybridized carbons (Fsp3) is 0.190. The quantitative estimate of drug-likeness (QED) is 0.585. The summed E-state index contributed by atoms with van der Waals surface area (Å²) in [7, 11) is 0. The predicted molar refractivity (Wildman–Crippen MR) is 108 cm³/mol. The Bertz CT molecular complexity index is 1100. The molecule has 1 aliphatic rings. The zero-order valence-electron chi connectivity index (χ0n) is 14.7. The number of benzene rings is 2. The smallest absolute Gasteiger partial charge is 0.327 e. The van der Waals surface area contributed by atoms with Gasteiger partial charge in [0.15, 0.2) is 5.67 Å². The molecule has 0 aliphatic heterocycles. The molecule has 4 nitrogen and oxygen atoms in total. The van der Waals surface area contributed by atoms with Crippen LogP contribution in [0.1, 0.15) is 22.2 Å². The number of alkyl halides is 1. The minimum absolute atomic E-state index is 0. The number of rotatable bonds is 3. The number of hydrogen-bond acceptors (Lipinski definition) is 2. The fourth-order valence-corrected chi connectivity index (χ4v) is 3.48. The van der Waals surface area contributed by atoms with Crippen molar-refractivity contribution < 1.29 is 11.6 Å². The molecule has 0 saturated carbocycles. The standard InChI is InChI=1S/C21H19F2N3O.2H2/c1-21(23)12-6-5-9-16(22)19(21)26-18-11-10-15(13-17(18)25-20(26)27)24-14-7-3-2-4-8-14;;/h2-4,6-13,19,24H,5H2,1H3,(H,25,27);2*1H. The number of nitrogens with zero attached hydrogens (tertiary/aromatic N) is 1. The largest absolute Gasteiger partial charge is 0.355 e. The Morgan fingerprint density at radius 2 is 2.00 bits per heavy atom. The molecule has 142 valence electrons. The lowest BCUT2D eigenvalue weighted by molar-refractivity contribution is 0.169. The third-order valence-electron chi connectivity index (χ3n) is 4.73. The summed E-state index contributed by atoms with van der Waals surface area (Å²) >= 11 is 0. The van der Waals surface area contributed by atoms with E-state index in [-0.39, 0.29) is 2.85 Å². The Balaban J connectivity index is 0.00000150. The molecular weight excluding hydrogens is 348 g/mol. The Morgan fingerprint density at radius 1 is 1.22 bits per heavy atom. The van der Waals surface area contributed by atoms with Crippen molar-refractivity contribution in [2.75, 3.05) is 5.32 Å². The van der Waals surface area contributed by atoms with E-state index in [2.05, 4.69) is 10.3 Å². The molecule has 1 aromatic heterocycles. The van der Waals surface area contributed by atoms with Gasteiger partial charge in [-0.15, -0.1) is 0 Å². The lowest BCUT2D eigenvalue weighted by atomic mass is 9.97. The average Bonchev–Trinajstić information content (AvgIpc) is 2.87. The molecule has 2 unspecified atom stereocenters. The number of aromatic nitrogens is 2. The van der Waals surface area contributed by atoms with E-state index in [1.807, 2.05) is 30.3 Å². The molecule has 0 amide bonds. The first-order chi connectivity index (χ1) is 13.0. The Kier molecular flexibility index (Phi) is 4.18. The zero-order chi connectivity index (χ0) is 19.0. The second-order valence-electron chi connectivity index (χ2n) is 6.80. The molecule has 2 atom stereocenters. The highest BCUT2D eigenvalue weighted by Crippen LogP contribution is 2.38.